The van der Waals surface area contributed by atoms with Crippen molar-refractivity contribution in [3.8, 4) is 0 Å². The molecular weight excluding hydrogens is 208 g/mol. The van der Waals surface area contributed by atoms with Crippen molar-refractivity contribution in [1.82, 2.24) is 10.2 Å². The molecule has 100 valence electrons. The Kier molecular flexibility index (Phi) is 4.14. The molecule has 0 aromatic rings. The van der Waals surface area contributed by atoms with Crippen LogP contribution in [-0.2, 0) is 0 Å². The fraction of sp³-hybridized carbons (Fsp3) is 1.00. The van der Waals surface area contributed by atoms with E-state index in [0.29, 0.717) is 11.1 Å². The van der Waals surface area contributed by atoms with Crippen LogP contribution >= 0.6 is 0 Å². The van der Waals surface area contributed by atoms with Crippen molar-refractivity contribution in [2.45, 2.75) is 76.8 Å². The second-order valence-electron chi connectivity index (χ2n) is 6.91. The maximum atomic E-state index is 3.97. The first-order valence-corrected chi connectivity index (χ1v) is 7.57. The summed E-state index contributed by atoms with van der Waals surface area (Å²) in [5.41, 5.74) is 0.733. The van der Waals surface area contributed by atoms with Gasteiger partial charge in [-0.15, -0.1) is 0 Å². The normalized spacial score (nSPS) is 28.4. The molecule has 0 radical (unpaired) electrons. The maximum Gasteiger partial charge on any atom is 0.0313 e. The Hall–Kier alpha value is -0.0800. The molecule has 0 aromatic carbocycles. The minimum absolute atomic E-state index is 0.295. The van der Waals surface area contributed by atoms with Gasteiger partial charge in [0.05, 0.1) is 0 Å². The van der Waals surface area contributed by atoms with Crippen molar-refractivity contribution in [2.24, 2.45) is 0 Å². The van der Waals surface area contributed by atoms with E-state index in [1.165, 1.54) is 64.6 Å². The molecular formula is C15H30N2. The van der Waals surface area contributed by atoms with Crippen LogP contribution in [0.1, 0.15) is 65.7 Å². The second kappa shape index (κ2) is 5.27. The zero-order valence-corrected chi connectivity index (χ0v) is 12.0. The van der Waals surface area contributed by atoms with E-state index in [4.69, 9.17) is 0 Å². The fourth-order valence-electron chi connectivity index (χ4n) is 3.89. The van der Waals surface area contributed by atoms with Crippen molar-refractivity contribution in [1.29, 1.82) is 0 Å². The van der Waals surface area contributed by atoms with E-state index >= 15 is 0 Å². The molecule has 2 fully saturated rings. The van der Waals surface area contributed by atoms with Crippen LogP contribution in [0.15, 0.2) is 0 Å². The summed E-state index contributed by atoms with van der Waals surface area (Å²) in [4.78, 5) is 2.71. The van der Waals surface area contributed by atoms with E-state index in [1.54, 1.807) is 0 Å². The van der Waals surface area contributed by atoms with Crippen molar-refractivity contribution in [2.75, 3.05) is 19.6 Å². The molecule has 1 heterocycles. The lowest BCUT2D eigenvalue weighted by Crippen LogP contribution is -2.69. The molecule has 1 aliphatic carbocycles. The number of nitrogens with zero attached hydrogens (tertiary/aromatic N) is 1. The van der Waals surface area contributed by atoms with Gasteiger partial charge >= 0.3 is 0 Å². The average Bonchev–Trinajstić information content (AvgIpc) is 2.25. The number of piperazine rings is 1. The van der Waals surface area contributed by atoms with Crippen molar-refractivity contribution >= 4 is 0 Å². The van der Waals surface area contributed by atoms with Gasteiger partial charge in [-0.1, -0.05) is 32.6 Å². The third-order valence-corrected chi connectivity index (χ3v) is 4.39. The number of nitrogens with one attached hydrogen (secondary N) is 1. The highest BCUT2D eigenvalue weighted by Crippen LogP contribution is 2.34. The molecule has 1 spiro atoms. The number of hydrogen-bond donors (Lipinski definition) is 1. The first-order valence-electron chi connectivity index (χ1n) is 7.57. The smallest absolute Gasteiger partial charge is 0.0313 e. The monoisotopic (exact) mass is 238 g/mol. The number of unbranched alkanes of at least 4 members (excludes halogenated alkanes) is 1. The minimum atomic E-state index is 0.295. The molecule has 2 nitrogen and oxygen atoms in total. The van der Waals surface area contributed by atoms with Gasteiger partial charge in [0.1, 0.15) is 0 Å². The summed E-state index contributed by atoms with van der Waals surface area (Å²) in [6, 6.07) is 0. The SMILES string of the molecule is CCCCN1CC(C)(C)NC2(CCCCC2)C1. The van der Waals surface area contributed by atoms with Gasteiger partial charge in [-0.3, -0.25) is 4.90 Å². The molecule has 1 aliphatic heterocycles. The first kappa shape index (κ1) is 13.4. The van der Waals surface area contributed by atoms with Crippen LogP contribution in [0.3, 0.4) is 0 Å². The van der Waals surface area contributed by atoms with Gasteiger partial charge < -0.3 is 5.32 Å². The summed E-state index contributed by atoms with van der Waals surface area (Å²) in [7, 11) is 0. The molecule has 2 rings (SSSR count). The molecule has 2 heteroatoms. The quantitative estimate of drug-likeness (QED) is 0.812. The van der Waals surface area contributed by atoms with Crippen molar-refractivity contribution in [3.05, 3.63) is 0 Å². The van der Waals surface area contributed by atoms with Gasteiger partial charge in [-0.25, -0.2) is 0 Å². The molecule has 2 aliphatic rings. The maximum absolute atomic E-state index is 3.97. The van der Waals surface area contributed by atoms with E-state index in [1.807, 2.05) is 0 Å². The predicted molar refractivity (Wildman–Crippen MR) is 74.4 cm³/mol. The van der Waals surface area contributed by atoms with Gasteiger partial charge in [-0.2, -0.15) is 0 Å². The van der Waals surface area contributed by atoms with Gasteiger partial charge in [-0.05, 0) is 39.7 Å². The lowest BCUT2D eigenvalue weighted by molar-refractivity contribution is 0.0365. The molecule has 1 saturated carbocycles. The van der Waals surface area contributed by atoms with Gasteiger partial charge in [0.25, 0.3) is 0 Å². The van der Waals surface area contributed by atoms with E-state index < -0.39 is 0 Å². The lowest BCUT2D eigenvalue weighted by atomic mass is 9.77. The van der Waals surface area contributed by atoms with Crippen LogP contribution < -0.4 is 5.32 Å². The lowest BCUT2D eigenvalue weighted by Gasteiger charge is -2.53. The summed E-state index contributed by atoms with van der Waals surface area (Å²) >= 11 is 0. The molecule has 0 aromatic heterocycles. The molecule has 0 atom stereocenters. The highest BCUT2D eigenvalue weighted by atomic mass is 15.3. The summed E-state index contributed by atoms with van der Waals surface area (Å²) < 4.78 is 0. The molecule has 0 bridgehead atoms. The largest absolute Gasteiger partial charge is 0.304 e. The average molecular weight is 238 g/mol. The van der Waals surface area contributed by atoms with Crippen LogP contribution in [0.5, 0.6) is 0 Å². The fourth-order valence-corrected chi connectivity index (χ4v) is 3.89. The van der Waals surface area contributed by atoms with Crippen molar-refractivity contribution in [3.63, 3.8) is 0 Å². The standard InChI is InChI=1S/C15H30N2/c1-4-5-11-17-12-14(2,3)16-15(13-17)9-7-6-8-10-15/h16H,4-13H2,1-3H3. The Bertz CT molecular complexity index is 241. The molecule has 1 N–H and O–H groups in total. The zero-order chi connectivity index (χ0) is 12.4. The molecule has 0 amide bonds. The van der Waals surface area contributed by atoms with E-state index in [-0.39, 0.29) is 0 Å². The summed E-state index contributed by atoms with van der Waals surface area (Å²) in [5.74, 6) is 0. The minimum Gasteiger partial charge on any atom is -0.304 e. The van der Waals surface area contributed by atoms with Crippen molar-refractivity contribution < 1.29 is 0 Å². The highest BCUT2D eigenvalue weighted by Gasteiger charge is 2.42. The summed E-state index contributed by atoms with van der Waals surface area (Å²) in [6.07, 6.45) is 9.73. The number of rotatable bonds is 3. The van der Waals surface area contributed by atoms with Crippen LogP contribution in [-0.4, -0.2) is 35.6 Å². The van der Waals surface area contributed by atoms with Gasteiger partial charge in [0.2, 0.25) is 0 Å². The van der Waals surface area contributed by atoms with E-state index in [9.17, 15) is 0 Å². The Morgan fingerprint density at radius 2 is 1.76 bits per heavy atom. The highest BCUT2D eigenvalue weighted by molar-refractivity contribution is 5.03. The van der Waals surface area contributed by atoms with E-state index in [2.05, 4.69) is 31.0 Å². The summed E-state index contributed by atoms with van der Waals surface area (Å²) in [6.45, 7) is 10.8. The van der Waals surface area contributed by atoms with Crippen LogP contribution in [0, 0.1) is 0 Å². The first-order chi connectivity index (χ1) is 8.05. The third kappa shape index (κ3) is 3.45. The Morgan fingerprint density at radius 1 is 1.06 bits per heavy atom. The summed E-state index contributed by atoms with van der Waals surface area (Å²) in [5, 5.41) is 3.97. The topological polar surface area (TPSA) is 15.3 Å². The molecule has 1 saturated heterocycles. The Morgan fingerprint density at radius 3 is 2.41 bits per heavy atom. The van der Waals surface area contributed by atoms with Crippen LogP contribution in [0.2, 0.25) is 0 Å². The molecule has 17 heavy (non-hydrogen) atoms. The van der Waals surface area contributed by atoms with Crippen LogP contribution in [0.25, 0.3) is 0 Å². The Balaban J connectivity index is 2.01. The Labute approximate surface area is 107 Å². The predicted octanol–water partition coefficient (Wildman–Crippen LogP) is 3.17. The van der Waals surface area contributed by atoms with E-state index in [0.717, 1.165) is 0 Å². The zero-order valence-electron chi connectivity index (χ0n) is 12.0. The molecule has 0 unspecified atom stereocenters. The van der Waals surface area contributed by atoms with Gasteiger partial charge in [0, 0.05) is 24.2 Å². The van der Waals surface area contributed by atoms with Gasteiger partial charge in [0.15, 0.2) is 0 Å². The third-order valence-electron chi connectivity index (χ3n) is 4.39. The van der Waals surface area contributed by atoms with Crippen LogP contribution in [0.4, 0.5) is 0 Å². The second-order valence-corrected chi connectivity index (χ2v) is 6.91. The number of hydrogen-bond acceptors (Lipinski definition) is 2.